The number of fused-ring (bicyclic) bond motifs is 1. The van der Waals surface area contributed by atoms with Gasteiger partial charge in [0.15, 0.2) is 0 Å². The van der Waals surface area contributed by atoms with Gasteiger partial charge in [0.25, 0.3) is 26.0 Å². The minimum atomic E-state index is -3.94. The molecule has 0 atom stereocenters. The summed E-state index contributed by atoms with van der Waals surface area (Å²) in [5, 5.41) is 20.8. The number of nitrogens with zero attached hydrogens (tertiary/aromatic N) is 4. The number of nitrogens with one attached hydrogen (secondary N) is 1. The van der Waals surface area contributed by atoms with Crippen LogP contribution in [0.4, 0.5) is 16.5 Å². The van der Waals surface area contributed by atoms with Crippen LogP contribution in [-0.4, -0.2) is 36.0 Å². The quantitative estimate of drug-likeness (QED) is 0.362. The van der Waals surface area contributed by atoms with E-state index in [1.807, 2.05) is 12.1 Å². The molecular formula is C18H15N5O5S2. The maximum Gasteiger partial charge on any atom is 0.293 e. The van der Waals surface area contributed by atoms with Gasteiger partial charge in [-0.05, 0) is 30.5 Å². The predicted molar refractivity (Wildman–Crippen MR) is 110 cm³/mol. The second-order valence-corrected chi connectivity index (χ2v) is 9.46. The van der Waals surface area contributed by atoms with Gasteiger partial charge in [0.1, 0.15) is 0 Å². The first-order valence-corrected chi connectivity index (χ1v) is 11.1. The van der Waals surface area contributed by atoms with Gasteiger partial charge in [0, 0.05) is 24.2 Å². The summed E-state index contributed by atoms with van der Waals surface area (Å²) in [6, 6.07) is 12.5. The Morgan fingerprint density at radius 1 is 1.17 bits per heavy atom. The Bertz CT molecular complexity index is 1240. The number of carbonyl (C=O) groups excluding carboxylic acids is 1. The fourth-order valence-electron chi connectivity index (χ4n) is 3.14. The van der Waals surface area contributed by atoms with Crippen molar-refractivity contribution in [1.29, 1.82) is 0 Å². The molecule has 4 rings (SSSR count). The van der Waals surface area contributed by atoms with E-state index >= 15 is 0 Å². The summed E-state index contributed by atoms with van der Waals surface area (Å²) < 4.78 is 27.2. The lowest BCUT2D eigenvalue weighted by Crippen LogP contribution is -2.35. The number of amides is 1. The fraction of sp³-hybridized carbons (Fsp3) is 0.167. The van der Waals surface area contributed by atoms with Crippen molar-refractivity contribution in [3.63, 3.8) is 0 Å². The van der Waals surface area contributed by atoms with Crippen molar-refractivity contribution in [3.05, 3.63) is 69.8 Å². The molecule has 12 heteroatoms. The summed E-state index contributed by atoms with van der Waals surface area (Å²) in [6.07, 6.45) is 1.48. The van der Waals surface area contributed by atoms with Crippen LogP contribution in [0.5, 0.6) is 0 Å². The molecule has 2 heterocycles. The SMILES string of the molecule is O=C(Nc1nnc(S(=O)(=O)N2CCCc3ccccc32)s1)c1cccc([N+](=O)[O-])c1. The first kappa shape index (κ1) is 19.9. The Kier molecular flexibility index (Phi) is 5.18. The average molecular weight is 445 g/mol. The Morgan fingerprint density at radius 3 is 2.77 bits per heavy atom. The predicted octanol–water partition coefficient (Wildman–Crippen LogP) is 2.84. The third-order valence-electron chi connectivity index (χ3n) is 4.52. The van der Waals surface area contributed by atoms with E-state index in [4.69, 9.17) is 0 Å². The summed E-state index contributed by atoms with van der Waals surface area (Å²) in [4.78, 5) is 22.6. The minimum absolute atomic E-state index is 0.0182. The van der Waals surface area contributed by atoms with Gasteiger partial charge in [-0.15, -0.1) is 10.2 Å². The third kappa shape index (κ3) is 3.74. The van der Waals surface area contributed by atoms with Crippen LogP contribution in [0.2, 0.25) is 0 Å². The number of hydrogen-bond acceptors (Lipinski definition) is 8. The van der Waals surface area contributed by atoms with E-state index < -0.39 is 20.9 Å². The summed E-state index contributed by atoms with van der Waals surface area (Å²) in [5.74, 6) is -0.651. The molecule has 0 saturated heterocycles. The molecule has 1 N–H and O–H groups in total. The number of anilines is 2. The van der Waals surface area contributed by atoms with E-state index in [1.54, 1.807) is 12.1 Å². The molecule has 1 aliphatic rings. The molecule has 1 amide bonds. The van der Waals surface area contributed by atoms with Crippen LogP contribution < -0.4 is 9.62 Å². The third-order valence-corrected chi connectivity index (χ3v) is 7.52. The standard InChI is InChI=1S/C18H15N5O5S2/c24-16(13-6-3-8-14(11-13)23(25)26)19-17-20-21-18(29-17)30(27,28)22-10-4-7-12-5-1-2-9-15(12)22/h1-3,5-6,8-9,11H,4,7,10H2,(H,19,20,24). The van der Waals surface area contributed by atoms with Crippen LogP contribution in [0.15, 0.2) is 52.9 Å². The summed E-state index contributed by atoms with van der Waals surface area (Å²) >= 11 is 0.724. The molecule has 1 aliphatic heterocycles. The Balaban J connectivity index is 1.56. The molecular weight excluding hydrogens is 430 g/mol. The highest BCUT2D eigenvalue weighted by atomic mass is 32.2. The Morgan fingerprint density at radius 2 is 1.97 bits per heavy atom. The Hall–Kier alpha value is -3.38. The number of hydrogen-bond donors (Lipinski definition) is 1. The van der Waals surface area contributed by atoms with E-state index in [1.165, 1.54) is 22.5 Å². The molecule has 30 heavy (non-hydrogen) atoms. The van der Waals surface area contributed by atoms with Gasteiger partial charge >= 0.3 is 0 Å². The minimum Gasteiger partial charge on any atom is -0.296 e. The topological polar surface area (TPSA) is 135 Å². The highest BCUT2D eigenvalue weighted by Crippen LogP contribution is 2.33. The van der Waals surface area contributed by atoms with Crippen LogP contribution in [-0.2, 0) is 16.4 Å². The normalized spacial score (nSPS) is 13.5. The molecule has 2 aromatic carbocycles. The van der Waals surface area contributed by atoms with E-state index in [0.717, 1.165) is 29.4 Å². The van der Waals surface area contributed by atoms with E-state index in [-0.39, 0.29) is 20.7 Å². The largest absolute Gasteiger partial charge is 0.296 e. The van der Waals surface area contributed by atoms with Crippen LogP contribution in [0.1, 0.15) is 22.3 Å². The van der Waals surface area contributed by atoms with Crippen LogP contribution >= 0.6 is 11.3 Å². The molecule has 0 saturated carbocycles. The van der Waals surface area contributed by atoms with E-state index in [0.29, 0.717) is 18.7 Å². The number of sulfonamides is 1. The first-order chi connectivity index (χ1) is 14.4. The second kappa shape index (κ2) is 7.80. The van der Waals surface area contributed by atoms with Gasteiger partial charge < -0.3 is 0 Å². The number of aromatic nitrogens is 2. The van der Waals surface area contributed by atoms with Gasteiger partial charge in [-0.2, -0.15) is 8.42 Å². The van der Waals surface area contributed by atoms with E-state index in [9.17, 15) is 23.3 Å². The van der Waals surface area contributed by atoms with Crippen molar-refractivity contribution in [1.82, 2.24) is 10.2 Å². The fourth-order valence-corrected chi connectivity index (χ4v) is 5.68. The van der Waals surface area contributed by atoms with Crippen molar-refractivity contribution < 1.29 is 18.1 Å². The lowest BCUT2D eigenvalue weighted by atomic mass is 10.0. The molecule has 0 aliphatic carbocycles. The zero-order chi connectivity index (χ0) is 21.3. The number of para-hydroxylation sites is 1. The summed E-state index contributed by atoms with van der Waals surface area (Å²) in [6.45, 7) is 0.328. The molecule has 0 fully saturated rings. The van der Waals surface area contributed by atoms with Crippen molar-refractivity contribution >= 4 is 43.8 Å². The number of benzene rings is 2. The van der Waals surface area contributed by atoms with Crippen LogP contribution in [0.25, 0.3) is 0 Å². The maximum atomic E-state index is 13.1. The van der Waals surface area contributed by atoms with Gasteiger partial charge in [-0.3, -0.25) is 24.5 Å². The van der Waals surface area contributed by atoms with Crippen molar-refractivity contribution in [3.8, 4) is 0 Å². The highest BCUT2D eigenvalue weighted by molar-refractivity contribution is 7.94. The number of aryl methyl sites for hydroxylation is 1. The number of nitro benzene ring substituents is 1. The zero-order valence-corrected chi connectivity index (χ0v) is 17.0. The van der Waals surface area contributed by atoms with Gasteiger partial charge in [0.2, 0.25) is 5.13 Å². The van der Waals surface area contributed by atoms with Gasteiger partial charge in [0.05, 0.1) is 10.6 Å². The summed E-state index contributed by atoms with van der Waals surface area (Å²) in [5.41, 5.74) is 1.37. The monoisotopic (exact) mass is 445 g/mol. The lowest BCUT2D eigenvalue weighted by Gasteiger charge is -2.29. The Labute approximate surface area is 175 Å². The molecule has 0 bridgehead atoms. The molecule has 3 aromatic rings. The lowest BCUT2D eigenvalue weighted by molar-refractivity contribution is -0.384. The molecule has 1 aromatic heterocycles. The molecule has 154 valence electrons. The average Bonchev–Trinajstić information content (AvgIpc) is 3.22. The van der Waals surface area contributed by atoms with Crippen LogP contribution in [0, 0.1) is 10.1 Å². The number of rotatable bonds is 5. The highest BCUT2D eigenvalue weighted by Gasteiger charge is 2.32. The van der Waals surface area contributed by atoms with Crippen molar-refractivity contribution in [2.75, 3.05) is 16.2 Å². The summed E-state index contributed by atoms with van der Waals surface area (Å²) in [7, 11) is -3.94. The van der Waals surface area contributed by atoms with Gasteiger partial charge in [-0.1, -0.05) is 35.6 Å². The number of nitro groups is 1. The molecule has 0 spiro atoms. The van der Waals surface area contributed by atoms with Crippen molar-refractivity contribution in [2.24, 2.45) is 0 Å². The molecule has 0 radical (unpaired) electrons. The molecule has 10 nitrogen and oxygen atoms in total. The first-order valence-electron chi connectivity index (χ1n) is 8.86. The second-order valence-electron chi connectivity index (χ2n) is 6.44. The van der Waals surface area contributed by atoms with Crippen molar-refractivity contribution in [2.45, 2.75) is 17.2 Å². The smallest absolute Gasteiger partial charge is 0.293 e. The number of carbonyl (C=O) groups is 1. The maximum absolute atomic E-state index is 13.1. The van der Waals surface area contributed by atoms with Gasteiger partial charge in [-0.25, -0.2) is 0 Å². The zero-order valence-electron chi connectivity index (χ0n) is 15.4. The number of non-ortho nitro benzene ring substituents is 1. The van der Waals surface area contributed by atoms with Crippen LogP contribution in [0.3, 0.4) is 0 Å². The van der Waals surface area contributed by atoms with E-state index in [2.05, 4.69) is 15.5 Å². The molecule has 0 unspecified atom stereocenters.